The molecule has 1 aromatic carbocycles. The maximum absolute atomic E-state index is 12.3. The van der Waals surface area contributed by atoms with Gasteiger partial charge in [0, 0.05) is 36.9 Å². The quantitative estimate of drug-likeness (QED) is 0.851. The van der Waals surface area contributed by atoms with Crippen molar-refractivity contribution in [1.82, 2.24) is 4.90 Å². The van der Waals surface area contributed by atoms with E-state index in [1.807, 2.05) is 12.1 Å². The van der Waals surface area contributed by atoms with Gasteiger partial charge in [0.1, 0.15) is 0 Å². The molecular formula is C13H18ClFN2OS. The van der Waals surface area contributed by atoms with Gasteiger partial charge in [0.15, 0.2) is 0 Å². The van der Waals surface area contributed by atoms with Gasteiger partial charge in [0.25, 0.3) is 5.91 Å². The molecule has 106 valence electrons. The molecule has 2 N–H and O–H groups in total. The van der Waals surface area contributed by atoms with Crippen molar-refractivity contribution in [3.05, 3.63) is 41.7 Å². The van der Waals surface area contributed by atoms with Gasteiger partial charge in [-0.05, 0) is 29.8 Å². The van der Waals surface area contributed by atoms with E-state index >= 15 is 0 Å². The molecule has 0 aromatic heterocycles. The topological polar surface area (TPSA) is 46.3 Å². The van der Waals surface area contributed by atoms with Crippen molar-refractivity contribution < 1.29 is 9.18 Å². The van der Waals surface area contributed by atoms with Crippen molar-refractivity contribution in [2.24, 2.45) is 5.73 Å². The van der Waals surface area contributed by atoms with E-state index in [0.717, 1.165) is 4.90 Å². The minimum atomic E-state index is -0.0298. The van der Waals surface area contributed by atoms with Crippen molar-refractivity contribution in [1.29, 1.82) is 0 Å². The number of hydrogen-bond acceptors (Lipinski definition) is 3. The summed E-state index contributed by atoms with van der Waals surface area (Å²) in [5.41, 5.74) is 6.58. The minimum absolute atomic E-state index is 0. The van der Waals surface area contributed by atoms with E-state index in [1.165, 1.54) is 16.7 Å². The van der Waals surface area contributed by atoms with Gasteiger partial charge in [-0.3, -0.25) is 4.79 Å². The smallest absolute Gasteiger partial charge is 0.253 e. The molecule has 0 radical (unpaired) electrons. The van der Waals surface area contributed by atoms with E-state index in [2.05, 4.69) is 0 Å². The standard InChI is InChI=1S/C13H17FN2OS.ClH/c1-16(2)13(17)11-3-5-12(6-4-11)18-9-10(7-14)8-15;/h3-7H,8-9,15H2,1-2H3;1H/b10-7+;. The Kier molecular flexibility index (Phi) is 8.47. The third-order valence-corrected chi connectivity index (χ3v) is 3.47. The summed E-state index contributed by atoms with van der Waals surface area (Å²) >= 11 is 1.49. The zero-order valence-corrected chi connectivity index (χ0v) is 12.6. The number of thioether (sulfide) groups is 1. The van der Waals surface area contributed by atoms with Crippen LogP contribution >= 0.6 is 24.2 Å². The Labute approximate surface area is 123 Å². The second-order valence-corrected chi connectivity index (χ2v) is 5.03. The first-order valence-electron chi connectivity index (χ1n) is 5.51. The number of amides is 1. The van der Waals surface area contributed by atoms with Crippen LogP contribution in [0, 0.1) is 0 Å². The number of nitrogens with zero attached hydrogens (tertiary/aromatic N) is 1. The van der Waals surface area contributed by atoms with Gasteiger partial charge in [-0.25, -0.2) is 4.39 Å². The van der Waals surface area contributed by atoms with Gasteiger partial charge in [-0.2, -0.15) is 0 Å². The van der Waals surface area contributed by atoms with E-state index in [4.69, 9.17) is 5.73 Å². The number of carbonyl (C=O) groups is 1. The normalized spacial score (nSPS) is 10.8. The summed E-state index contributed by atoms with van der Waals surface area (Å²) in [6, 6.07) is 7.25. The SMILES string of the molecule is CN(C)C(=O)c1ccc(SC/C(=C/F)CN)cc1.Cl. The molecule has 1 aromatic rings. The molecule has 0 heterocycles. The average Bonchev–Trinajstić information content (AvgIpc) is 2.39. The summed E-state index contributed by atoms with van der Waals surface area (Å²) in [6.45, 7) is 0.223. The number of benzene rings is 1. The Hall–Kier alpha value is -1.04. The van der Waals surface area contributed by atoms with E-state index in [1.54, 1.807) is 26.2 Å². The molecule has 19 heavy (non-hydrogen) atoms. The first kappa shape index (κ1) is 18.0. The van der Waals surface area contributed by atoms with Crippen molar-refractivity contribution in [2.45, 2.75) is 4.90 Å². The molecule has 0 fully saturated rings. The Balaban J connectivity index is 0.00000324. The number of rotatable bonds is 5. The van der Waals surface area contributed by atoms with E-state index < -0.39 is 0 Å². The highest BCUT2D eigenvalue weighted by Crippen LogP contribution is 2.21. The third-order valence-electron chi connectivity index (χ3n) is 2.35. The van der Waals surface area contributed by atoms with Gasteiger partial charge in [0.05, 0.1) is 6.33 Å². The van der Waals surface area contributed by atoms with Crippen LogP contribution in [-0.4, -0.2) is 37.2 Å². The lowest BCUT2D eigenvalue weighted by Gasteiger charge is -2.10. The average molecular weight is 305 g/mol. The fourth-order valence-corrected chi connectivity index (χ4v) is 2.12. The largest absolute Gasteiger partial charge is 0.345 e. The van der Waals surface area contributed by atoms with Crippen LogP contribution in [0.2, 0.25) is 0 Å². The van der Waals surface area contributed by atoms with Gasteiger partial charge < -0.3 is 10.6 Å². The number of nitrogens with two attached hydrogens (primary N) is 1. The van der Waals surface area contributed by atoms with Gasteiger partial charge in [-0.15, -0.1) is 24.2 Å². The molecule has 0 aliphatic carbocycles. The fraction of sp³-hybridized carbons (Fsp3) is 0.308. The summed E-state index contributed by atoms with van der Waals surface area (Å²) in [7, 11) is 3.43. The van der Waals surface area contributed by atoms with Crippen LogP contribution < -0.4 is 5.73 Å². The summed E-state index contributed by atoms with van der Waals surface area (Å²) in [5.74, 6) is 0.492. The Morgan fingerprint density at radius 1 is 1.37 bits per heavy atom. The maximum Gasteiger partial charge on any atom is 0.253 e. The molecule has 1 amide bonds. The van der Waals surface area contributed by atoms with Crippen LogP contribution in [0.25, 0.3) is 0 Å². The molecule has 6 heteroatoms. The van der Waals surface area contributed by atoms with Crippen LogP contribution in [0.1, 0.15) is 10.4 Å². The number of carbonyl (C=O) groups excluding carboxylic acids is 1. The van der Waals surface area contributed by atoms with E-state index in [-0.39, 0.29) is 24.9 Å². The lowest BCUT2D eigenvalue weighted by molar-refractivity contribution is 0.0827. The predicted molar refractivity (Wildman–Crippen MR) is 80.7 cm³/mol. The highest BCUT2D eigenvalue weighted by atomic mass is 35.5. The monoisotopic (exact) mass is 304 g/mol. The fourth-order valence-electron chi connectivity index (χ4n) is 1.26. The highest BCUT2D eigenvalue weighted by Gasteiger charge is 2.07. The minimum Gasteiger partial charge on any atom is -0.345 e. The van der Waals surface area contributed by atoms with E-state index in [9.17, 15) is 9.18 Å². The maximum atomic E-state index is 12.3. The van der Waals surface area contributed by atoms with Crippen LogP contribution in [0.4, 0.5) is 4.39 Å². The second-order valence-electron chi connectivity index (χ2n) is 3.98. The summed E-state index contributed by atoms with van der Waals surface area (Å²) < 4.78 is 12.3. The van der Waals surface area contributed by atoms with Crippen LogP contribution in [0.5, 0.6) is 0 Å². The Bertz CT molecular complexity index is 435. The molecular weight excluding hydrogens is 287 g/mol. The van der Waals surface area contributed by atoms with Crippen LogP contribution in [0.3, 0.4) is 0 Å². The molecule has 0 unspecified atom stereocenters. The number of hydrogen-bond donors (Lipinski definition) is 1. The zero-order valence-electron chi connectivity index (χ0n) is 10.9. The lowest BCUT2D eigenvalue weighted by Crippen LogP contribution is -2.21. The summed E-state index contributed by atoms with van der Waals surface area (Å²) in [5, 5.41) is 0. The van der Waals surface area contributed by atoms with Crippen LogP contribution in [-0.2, 0) is 0 Å². The van der Waals surface area contributed by atoms with Crippen molar-refractivity contribution in [2.75, 3.05) is 26.4 Å². The second kappa shape index (κ2) is 8.96. The van der Waals surface area contributed by atoms with Gasteiger partial charge >= 0.3 is 0 Å². The van der Waals surface area contributed by atoms with Crippen molar-refractivity contribution in [3.8, 4) is 0 Å². The first-order chi connectivity index (χ1) is 8.58. The molecule has 0 spiro atoms. The molecule has 0 saturated heterocycles. The predicted octanol–water partition coefficient (Wildman–Crippen LogP) is 2.71. The Morgan fingerprint density at radius 3 is 2.37 bits per heavy atom. The highest BCUT2D eigenvalue weighted by molar-refractivity contribution is 7.99. The zero-order chi connectivity index (χ0) is 13.5. The van der Waals surface area contributed by atoms with Gasteiger partial charge in [-0.1, -0.05) is 0 Å². The first-order valence-corrected chi connectivity index (χ1v) is 6.49. The van der Waals surface area contributed by atoms with Crippen molar-refractivity contribution in [3.63, 3.8) is 0 Å². The molecule has 0 aliphatic heterocycles. The number of halogens is 2. The molecule has 3 nitrogen and oxygen atoms in total. The molecule has 0 atom stereocenters. The third kappa shape index (κ3) is 5.63. The van der Waals surface area contributed by atoms with Crippen LogP contribution in [0.15, 0.2) is 41.1 Å². The molecule has 0 aliphatic rings. The van der Waals surface area contributed by atoms with E-state index in [0.29, 0.717) is 23.2 Å². The molecule has 0 saturated carbocycles. The molecule has 0 bridgehead atoms. The summed E-state index contributed by atoms with van der Waals surface area (Å²) in [4.78, 5) is 14.2. The lowest BCUT2D eigenvalue weighted by atomic mass is 10.2. The molecule has 1 rings (SSSR count). The van der Waals surface area contributed by atoms with Gasteiger partial charge in [0.2, 0.25) is 0 Å². The van der Waals surface area contributed by atoms with Crippen molar-refractivity contribution >= 4 is 30.1 Å². The Morgan fingerprint density at radius 2 is 1.95 bits per heavy atom. The summed E-state index contributed by atoms with van der Waals surface area (Å²) in [6.07, 6.45) is 0.553.